The molecule has 0 aliphatic rings. The molecule has 110 valence electrons. The molecule has 0 aliphatic heterocycles. The lowest BCUT2D eigenvalue weighted by Gasteiger charge is -2.11. The summed E-state index contributed by atoms with van der Waals surface area (Å²) in [6.45, 7) is 1.97. The lowest BCUT2D eigenvalue weighted by molar-refractivity contribution is 0.262. The first-order chi connectivity index (χ1) is 10.1. The summed E-state index contributed by atoms with van der Waals surface area (Å²) < 4.78 is 10.3. The molecule has 2 aromatic carbocycles. The molecule has 0 unspecified atom stereocenters. The lowest BCUT2D eigenvalue weighted by Crippen LogP contribution is -2.19. The molecule has 0 bridgehead atoms. The molecule has 0 aliphatic carbocycles. The highest BCUT2D eigenvalue weighted by atomic mass is 16.5. The van der Waals surface area contributed by atoms with Crippen molar-refractivity contribution in [2.45, 2.75) is 6.92 Å². The van der Waals surface area contributed by atoms with Crippen molar-refractivity contribution in [2.75, 3.05) is 24.9 Å². The molecule has 0 radical (unpaired) electrons. The van der Waals surface area contributed by atoms with Crippen LogP contribution >= 0.6 is 0 Å². The van der Waals surface area contributed by atoms with E-state index in [4.69, 9.17) is 9.47 Å². The van der Waals surface area contributed by atoms with Crippen LogP contribution in [0.25, 0.3) is 0 Å². The van der Waals surface area contributed by atoms with E-state index in [1.165, 1.54) is 0 Å². The molecule has 21 heavy (non-hydrogen) atoms. The Morgan fingerprint density at radius 2 is 1.57 bits per heavy atom. The number of benzene rings is 2. The van der Waals surface area contributed by atoms with Gasteiger partial charge in [0.05, 0.1) is 14.2 Å². The van der Waals surface area contributed by atoms with Gasteiger partial charge in [0.25, 0.3) is 0 Å². The summed E-state index contributed by atoms with van der Waals surface area (Å²) in [5.41, 5.74) is 2.45. The van der Waals surface area contributed by atoms with Gasteiger partial charge in [-0.2, -0.15) is 0 Å². The number of carbonyl (C=O) groups excluding carboxylic acids is 1. The van der Waals surface area contributed by atoms with Gasteiger partial charge in [0.2, 0.25) is 0 Å². The first-order valence-corrected chi connectivity index (χ1v) is 6.49. The Morgan fingerprint density at radius 1 is 0.905 bits per heavy atom. The minimum atomic E-state index is -0.312. The third-order valence-corrected chi connectivity index (χ3v) is 2.92. The van der Waals surface area contributed by atoms with E-state index < -0.39 is 0 Å². The second-order valence-electron chi connectivity index (χ2n) is 4.52. The SMILES string of the molecule is COc1ccc(NC(=O)Nc2cccc(C)c2)cc1OC. The van der Waals surface area contributed by atoms with Crippen molar-refractivity contribution < 1.29 is 14.3 Å². The minimum absolute atomic E-state index is 0.312. The number of urea groups is 1. The molecule has 0 fully saturated rings. The van der Waals surface area contributed by atoms with Crippen LogP contribution in [0.15, 0.2) is 42.5 Å². The zero-order valence-electron chi connectivity index (χ0n) is 12.3. The fraction of sp³-hybridized carbons (Fsp3) is 0.188. The minimum Gasteiger partial charge on any atom is -0.493 e. The van der Waals surface area contributed by atoms with Gasteiger partial charge in [-0.25, -0.2) is 4.79 Å². The van der Waals surface area contributed by atoms with E-state index in [-0.39, 0.29) is 6.03 Å². The highest BCUT2D eigenvalue weighted by molar-refractivity contribution is 5.99. The number of anilines is 2. The molecule has 2 rings (SSSR count). The van der Waals surface area contributed by atoms with Crippen molar-refractivity contribution in [3.8, 4) is 11.5 Å². The van der Waals surface area contributed by atoms with E-state index in [2.05, 4.69) is 10.6 Å². The summed E-state index contributed by atoms with van der Waals surface area (Å²) >= 11 is 0. The van der Waals surface area contributed by atoms with Gasteiger partial charge in [0.15, 0.2) is 11.5 Å². The van der Waals surface area contributed by atoms with Gasteiger partial charge in [-0.1, -0.05) is 12.1 Å². The third-order valence-electron chi connectivity index (χ3n) is 2.92. The maximum atomic E-state index is 12.0. The first-order valence-electron chi connectivity index (χ1n) is 6.49. The summed E-state index contributed by atoms with van der Waals surface area (Å²) in [7, 11) is 3.11. The number of ether oxygens (including phenoxy) is 2. The average molecular weight is 286 g/mol. The zero-order chi connectivity index (χ0) is 15.2. The fourth-order valence-corrected chi connectivity index (χ4v) is 1.93. The molecule has 2 N–H and O–H groups in total. The lowest BCUT2D eigenvalue weighted by atomic mass is 10.2. The largest absolute Gasteiger partial charge is 0.493 e. The summed E-state index contributed by atoms with van der Waals surface area (Å²) in [5, 5.41) is 5.53. The Kier molecular flexibility index (Phi) is 4.66. The third kappa shape index (κ3) is 3.89. The van der Waals surface area contributed by atoms with Gasteiger partial charge in [-0.3, -0.25) is 0 Å². The van der Waals surface area contributed by atoms with Crippen molar-refractivity contribution in [1.29, 1.82) is 0 Å². The predicted octanol–water partition coefficient (Wildman–Crippen LogP) is 3.66. The second kappa shape index (κ2) is 6.65. The molecular formula is C16H18N2O3. The normalized spacial score (nSPS) is 9.86. The van der Waals surface area contributed by atoms with E-state index in [0.29, 0.717) is 17.2 Å². The number of hydrogen-bond acceptors (Lipinski definition) is 3. The van der Waals surface area contributed by atoms with Crippen molar-refractivity contribution in [1.82, 2.24) is 0 Å². The maximum absolute atomic E-state index is 12.0. The van der Waals surface area contributed by atoms with Crippen molar-refractivity contribution in [3.05, 3.63) is 48.0 Å². The highest BCUT2D eigenvalue weighted by Gasteiger charge is 2.07. The summed E-state index contributed by atoms with van der Waals surface area (Å²) in [4.78, 5) is 12.0. The van der Waals surface area contributed by atoms with Gasteiger partial charge in [-0.05, 0) is 36.8 Å². The molecule has 0 saturated heterocycles. The van der Waals surface area contributed by atoms with Crippen LogP contribution in [0.3, 0.4) is 0 Å². The number of rotatable bonds is 4. The summed E-state index contributed by atoms with van der Waals surface area (Å²) in [5.74, 6) is 1.17. The van der Waals surface area contributed by atoms with Gasteiger partial charge in [0, 0.05) is 17.4 Å². The fourth-order valence-electron chi connectivity index (χ4n) is 1.93. The zero-order valence-corrected chi connectivity index (χ0v) is 12.3. The standard InChI is InChI=1S/C16H18N2O3/c1-11-5-4-6-12(9-11)17-16(19)18-13-7-8-14(20-2)15(10-13)21-3/h4-10H,1-3H3,(H2,17,18,19). The van der Waals surface area contributed by atoms with Gasteiger partial charge in [0.1, 0.15) is 0 Å². The van der Waals surface area contributed by atoms with E-state index >= 15 is 0 Å². The van der Waals surface area contributed by atoms with Crippen LogP contribution in [-0.4, -0.2) is 20.3 Å². The number of amides is 2. The van der Waals surface area contributed by atoms with E-state index in [1.807, 2.05) is 31.2 Å². The molecule has 0 aromatic heterocycles. The predicted molar refractivity (Wildman–Crippen MR) is 83.4 cm³/mol. The number of carbonyl (C=O) groups is 1. The molecule has 5 nitrogen and oxygen atoms in total. The molecule has 0 spiro atoms. The average Bonchev–Trinajstić information content (AvgIpc) is 2.47. The smallest absolute Gasteiger partial charge is 0.323 e. The highest BCUT2D eigenvalue weighted by Crippen LogP contribution is 2.29. The molecule has 2 amide bonds. The van der Waals surface area contributed by atoms with Crippen LogP contribution < -0.4 is 20.1 Å². The van der Waals surface area contributed by atoms with Crippen LogP contribution in [0.2, 0.25) is 0 Å². The van der Waals surface area contributed by atoms with Crippen molar-refractivity contribution in [2.24, 2.45) is 0 Å². The summed E-state index contributed by atoms with van der Waals surface area (Å²) in [6.07, 6.45) is 0. The van der Waals surface area contributed by atoms with Crippen LogP contribution in [0.1, 0.15) is 5.56 Å². The van der Waals surface area contributed by atoms with Gasteiger partial charge >= 0.3 is 6.03 Å². The van der Waals surface area contributed by atoms with Crippen LogP contribution in [0.4, 0.5) is 16.2 Å². The number of methoxy groups -OCH3 is 2. The van der Waals surface area contributed by atoms with E-state index in [0.717, 1.165) is 11.3 Å². The first kappa shape index (κ1) is 14.7. The second-order valence-corrected chi connectivity index (χ2v) is 4.52. The number of hydrogen-bond donors (Lipinski definition) is 2. The molecule has 0 atom stereocenters. The van der Waals surface area contributed by atoms with E-state index in [9.17, 15) is 4.79 Å². The van der Waals surface area contributed by atoms with Gasteiger partial charge < -0.3 is 20.1 Å². The number of nitrogens with one attached hydrogen (secondary N) is 2. The Balaban J connectivity index is 2.06. The molecule has 2 aromatic rings. The van der Waals surface area contributed by atoms with Crippen molar-refractivity contribution >= 4 is 17.4 Å². The summed E-state index contributed by atoms with van der Waals surface area (Å²) in [6, 6.07) is 12.5. The Hall–Kier alpha value is -2.69. The van der Waals surface area contributed by atoms with Gasteiger partial charge in [-0.15, -0.1) is 0 Å². The van der Waals surface area contributed by atoms with E-state index in [1.54, 1.807) is 32.4 Å². The number of aryl methyl sites for hydroxylation is 1. The molecule has 5 heteroatoms. The van der Waals surface area contributed by atoms with Crippen molar-refractivity contribution in [3.63, 3.8) is 0 Å². The topological polar surface area (TPSA) is 59.6 Å². The Labute approximate surface area is 123 Å². The van der Waals surface area contributed by atoms with Crippen LogP contribution in [-0.2, 0) is 0 Å². The van der Waals surface area contributed by atoms with Crippen LogP contribution in [0.5, 0.6) is 11.5 Å². The maximum Gasteiger partial charge on any atom is 0.323 e. The van der Waals surface area contributed by atoms with Crippen LogP contribution in [0, 0.1) is 6.92 Å². The molecular weight excluding hydrogens is 268 g/mol. The monoisotopic (exact) mass is 286 g/mol. The molecule has 0 saturated carbocycles. The molecule has 0 heterocycles. The Morgan fingerprint density at radius 3 is 2.19 bits per heavy atom. The quantitative estimate of drug-likeness (QED) is 0.901. The Bertz CT molecular complexity index is 641.